The summed E-state index contributed by atoms with van der Waals surface area (Å²) in [6.45, 7) is 0.779. The minimum absolute atomic E-state index is 0.400. The topological polar surface area (TPSA) is 30.7 Å². The first-order valence-corrected chi connectivity index (χ1v) is 7.57. The van der Waals surface area contributed by atoms with Gasteiger partial charge in [0.15, 0.2) is 0 Å². The van der Waals surface area contributed by atoms with E-state index in [9.17, 15) is 0 Å². The number of halogens is 2. The lowest BCUT2D eigenvalue weighted by molar-refractivity contribution is 0.787. The van der Waals surface area contributed by atoms with E-state index in [-0.39, 0.29) is 0 Å². The van der Waals surface area contributed by atoms with Gasteiger partial charge in [0.25, 0.3) is 0 Å². The van der Waals surface area contributed by atoms with E-state index in [2.05, 4.69) is 41.9 Å². The molecule has 3 nitrogen and oxygen atoms in total. The van der Waals surface area contributed by atoms with Crippen molar-refractivity contribution >= 4 is 49.9 Å². The molecule has 0 radical (unpaired) electrons. The molecule has 6 heteroatoms. The maximum atomic E-state index is 5.97. The number of imidazole rings is 1. The largest absolute Gasteiger partial charge is 0.322 e. The molecule has 0 aliphatic carbocycles. The van der Waals surface area contributed by atoms with Crippen molar-refractivity contribution in [3.63, 3.8) is 0 Å². The second-order valence-electron chi connectivity index (χ2n) is 3.80. The monoisotopic (exact) mass is 341 g/mol. The van der Waals surface area contributed by atoms with Crippen molar-refractivity contribution in [2.24, 2.45) is 0 Å². The summed E-state index contributed by atoms with van der Waals surface area (Å²) in [5.41, 5.74) is 1.96. The molecular weight excluding hydrogens is 334 g/mol. The van der Waals surface area contributed by atoms with Gasteiger partial charge in [0, 0.05) is 15.5 Å². The lowest BCUT2D eigenvalue weighted by Crippen LogP contribution is -2.02. The highest BCUT2D eigenvalue weighted by Crippen LogP contribution is 2.26. The second-order valence-corrected chi connectivity index (χ2v) is 5.93. The first-order chi connectivity index (χ1) is 8.79. The van der Waals surface area contributed by atoms with E-state index in [1.165, 1.54) is 4.88 Å². The SMILES string of the molecule is ClCc1nc2cnccc2n1Cc1sccc1Br. The number of pyridine rings is 1. The average Bonchev–Trinajstić information content (AvgIpc) is 2.95. The predicted octanol–water partition coefficient (Wildman–Crippen LogP) is 4.04. The van der Waals surface area contributed by atoms with E-state index >= 15 is 0 Å². The van der Waals surface area contributed by atoms with Crippen molar-refractivity contribution in [2.75, 3.05) is 0 Å². The number of fused-ring (bicyclic) bond motifs is 1. The first kappa shape index (κ1) is 12.1. The molecular formula is C12H9BrClN3S. The fourth-order valence-corrected chi connectivity index (χ4v) is 3.56. The van der Waals surface area contributed by atoms with Crippen LogP contribution in [0.15, 0.2) is 34.4 Å². The maximum Gasteiger partial charge on any atom is 0.125 e. The van der Waals surface area contributed by atoms with Gasteiger partial charge in [-0.05, 0) is 33.4 Å². The van der Waals surface area contributed by atoms with Gasteiger partial charge in [-0.2, -0.15) is 0 Å². The molecule has 3 aromatic heterocycles. The Morgan fingerprint density at radius 3 is 3.00 bits per heavy atom. The Kier molecular flexibility index (Phi) is 3.37. The van der Waals surface area contributed by atoms with Crippen molar-refractivity contribution < 1.29 is 0 Å². The molecule has 3 aromatic rings. The third-order valence-electron chi connectivity index (χ3n) is 2.74. The Balaban J connectivity index is 2.12. The summed E-state index contributed by atoms with van der Waals surface area (Å²) >= 11 is 11.2. The van der Waals surface area contributed by atoms with E-state index < -0.39 is 0 Å². The van der Waals surface area contributed by atoms with Gasteiger partial charge in [0.2, 0.25) is 0 Å². The molecule has 3 heterocycles. The highest BCUT2D eigenvalue weighted by atomic mass is 79.9. The van der Waals surface area contributed by atoms with Gasteiger partial charge in [0.05, 0.1) is 24.1 Å². The Labute approximate surface area is 122 Å². The maximum absolute atomic E-state index is 5.97. The van der Waals surface area contributed by atoms with Crippen molar-refractivity contribution in [1.82, 2.24) is 14.5 Å². The van der Waals surface area contributed by atoms with Gasteiger partial charge in [-0.1, -0.05) is 0 Å². The smallest absolute Gasteiger partial charge is 0.125 e. The molecule has 0 aliphatic rings. The number of rotatable bonds is 3. The number of thiophene rings is 1. The first-order valence-electron chi connectivity index (χ1n) is 5.36. The highest BCUT2D eigenvalue weighted by Gasteiger charge is 2.12. The van der Waals surface area contributed by atoms with E-state index in [1.54, 1.807) is 23.7 Å². The van der Waals surface area contributed by atoms with Crippen molar-refractivity contribution in [3.05, 3.63) is 45.1 Å². The van der Waals surface area contributed by atoms with Crippen LogP contribution in [0, 0.1) is 0 Å². The van der Waals surface area contributed by atoms with E-state index in [0.717, 1.165) is 27.9 Å². The molecule has 0 aliphatic heterocycles. The van der Waals surface area contributed by atoms with Gasteiger partial charge in [-0.25, -0.2) is 4.98 Å². The summed E-state index contributed by atoms with van der Waals surface area (Å²) in [6, 6.07) is 4.03. The molecule has 18 heavy (non-hydrogen) atoms. The lowest BCUT2D eigenvalue weighted by atomic mass is 10.4. The Bertz CT molecular complexity index is 692. The van der Waals surface area contributed by atoms with Crippen LogP contribution < -0.4 is 0 Å². The van der Waals surface area contributed by atoms with Crippen LogP contribution in [-0.2, 0) is 12.4 Å². The minimum Gasteiger partial charge on any atom is -0.322 e. The van der Waals surface area contributed by atoms with Crippen LogP contribution in [0.3, 0.4) is 0 Å². The van der Waals surface area contributed by atoms with Crippen LogP contribution in [0.2, 0.25) is 0 Å². The second kappa shape index (κ2) is 4.99. The number of aromatic nitrogens is 3. The number of alkyl halides is 1. The van der Waals surface area contributed by atoms with E-state index in [0.29, 0.717) is 5.88 Å². The molecule has 0 fully saturated rings. The van der Waals surface area contributed by atoms with Gasteiger partial charge in [0.1, 0.15) is 11.3 Å². The fourth-order valence-electron chi connectivity index (χ4n) is 1.89. The van der Waals surface area contributed by atoms with Crippen LogP contribution in [0.25, 0.3) is 11.0 Å². The number of nitrogens with zero attached hydrogens (tertiary/aromatic N) is 3. The molecule has 92 valence electrons. The highest BCUT2D eigenvalue weighted by molar-refractivity contribution is 9.10. The molecule has 0 aromatic carbocycles. The predicted molar refractivity (Wildman–Crippen MR) is 78.2 cm³/mol. The Morgan fingerprint density at radius 2 is 2.28 bits per heavy atom. The molecule has 0 amide bonds. The molecule has 0 N–H and O–H groups in total. The van der Waals surface area contributed by atoms with Gasteiger partial charge >= 0.3 is 0 Å². The van der Waals surface area contributed by atoms with Crippen molar-refractivity contribution in [1.29, 1.82) is 0 Å². The van der Waals surface area contributed by atoms with Gasteiger partial charge in [-0.3, -0.25) is 4.98 Å². The van der Waals surface area contributed by atoms with E-state index in [4.69, 9.17) is 11.6 Å². The van der Waals surface area contributed by atoms with Crippen LogP contribution in [-0.4, -0.2) is 14.5 Å². The molecule has 0 atom stereocenters. The van der Waals surface area contributed by atoms with Crippen LogP contribution >= 0.6 is 38.9 Å². The van der Waals surface area contributed by atoms with Gasteiger partial charge < -0.3 is 4.57 Å². The fraction of sp³-hybridized carbons (Fsp3) is 0.167. The summed E-state index contributed by atoms with van der Waals surface area (Å²) in [6.07, 6.45) is 3.55. The van der Waals surface area contributed by atoms with Crippen molar-refractivity contribution in [3.8, 4) is 0 Å². The quantitative estimate of drug-likeness (QED) is 0.673. The van der Waals surface area contributed by atoms with Crippen molar-refractivity contribution in [2.45, 2.75) is 12.4 Å². The summed E-state index contributed by atoms with van der Waals surface area (Å²) in [7, 11) is 0. The van der Waals surface area contributed by atoms with Crippen LogP contribution in [0.1, 0.15) is 10.7 Å². The molecule has 0 bridgehead atoms. The molecule has 0 unspecified atom stereocenters. The zero-order chi connectivity index (χ0) is 12.5. The third kappa shape index (κ3) is 2.06. The summed E-state index contributed by atoms with van der Waals surface area (Å²) in [5.74, 6) is 1.28. The molecule has 0 spiro atoms. The minimum atomic E-state index is 0.400. The standard InChI is InChI=1S/C12H9BrClN3S/c13-8-2-4-18-11(8)7-17-10-1-3-15-6-9(10)16-12(17)5-14/h1-4,6H,5,7H2. The summed E-state index contributed by atoms with van der Waals surface area (Å²) in [4.78, 5) is 9.85. The van der Waals surface area contributed by atoms with Gasteiger partial charge in [-0.15, -0.1) is 22.9 Å². The number of hydrogen-bond donors (Lipinski definition) is 0. The molecule has 0 saturated heterocycles. The Morgan fingerprint density at radius 1 is 1.39 bits per heavy atom. The Hall–Kier alpha value is -0.910. The zero-order valence-corrected chi connectivity index (χ0v) is 12.5. The normalized spacial score (nSPS) is 11.2. The van der Waals surface area contributed by atoms with Crippen LogP contribution in [0.5, 0.6) is 0 Å². The van der Waals surface area contributed by atoms with Crippen LogP contribution in [0.4, 0.5) is 0 Å². The third-order valence-corrected chi connectivity index (χ3v) is 4.89. The lowest BCUT2D eigenvalue weighted by Gasteiger charge is -2.06. The zero-order valence-electron chi connectivity index (χ0n) is 9.31. The van der Waals surface area contributed by atoms with E-state index in [1.807, 2.05) is 6.07 Å². The molecule has 0 saturated carbocycles. The summed E-state index contributed by atoms with van der Waals surface area (Å²) < 4.78 is 3.27. The number of hydrogen-bond acceptors (Lipinski definition) is 3. The molecule has 3 rings (SSSR count). The average molecular weight is 343 g/mol. The summed E-state index contributed by atoms with van der Waals surface area (Å²) in [5, 5.41) is 2.07.